The van der Waals surface area contributed by atoms with Crippen molar-refractivity contribution in [2.45, 2.75) is 12.4 Å². The maximum absolute atomic E-state index is 11.5. The van der Waals surface area contributed by atoms with Gasteiger partial charge in [0.15, 0.2) is 0 Å². The van der Waals surface area contributed by atoms with Crippen LogP contribution in [0, 0.1) is 0 Å². The molecule has 0 atom stereocenters. The maximum atomic E-state index is 11.5. The highest BCUT2D eigenvalue weighted by molar-refractivity contribution is 5.81. The van der Waals surface area contributed by atoms with Gasteiger partial charge in [-0.15, -0.1) is 0 Å². The Kier molecular flexibility index (Phi) is 8.11. The van der Waals surface area contributed by atoms with Gasteiger partial charge in [-0.05, 0) is 0 Å². The Morgan fingerprint density at radius 1 is 1.05 bits per heavy atom. The average molecular weight is 314 g/mol. The lowest BCUT2D eigenvalue weighted by atomic mass is 10.5. The molecule has 2 amide bonds. The standard InChI is InChI=1S/C5H7F3N2O3.C2HF3O2/c6-5(7,8)3(11)10-1-2-13-4(9)12;3-2(4,5)1(6)7/h1-2H2,(H2,9,12)(H,10,11);(H,6,7). The Morgan fingerprint density at radius 3 is 1.70 bits per heavy atom. The van der Waals surface area contributed by atoms with E-state index in [9.17, 15) is 35.9 Å². The van der Waals surface area contributed by atoms with Crippen LogP contribution in [-0.2, 0) is 14.3 Å². The zero-order valence-electron chi connectivity index (χ0n) is 9.34. The van der Waals surface area contributed by atoms with E-state index in [4.69, 9.17) is 9.90 Å². The maximum Gasteiger partial charge on any atom is 0.490 e. The number of carboxylic acid groups (broad SMARTS) is 1. The molecule has 0 radical (unpaired) electrons. The molecule has 0 spiro atoms. The summed E-state index contributed by atoms with van der Waals surface area (Å²) >= 11 is 0. The first kappa shape index (κ1) is 20.1. The fourth-order valence-electron chi connectivity index (χ4n) is 0.416. The molecule has 13 heteroatoms. The summed E-state index contributed by atoms with van der Waals surface area (Å²) in [6.07, 6.45) is -11.1. The smallest absolute Gasteiger partial charge is 0.475 e. The van der Waals surface area contributed by atoms with E-state index in [2.05, 4.69) is 10.5 Å². The fraction of sp³-hybridized carbons (Fsp3) is 0.571. The monoisotopic (exact) mass is 314 g/mol. The van der Waals surface area contributed by atoms with Crippen LogP contribution >= 0.6 is 0 Å². The number of carbonyl (C=O) groups is 3. The second-order valence-corrected chi connectivity index (χ2v) is 2.72. The molecule has 0 aromatic carbocycles. The summed E-state index contributed by atoms with van der Waals surface area (Å²) in [6.45, 7) is -0.821. The molecule has 0 aromatic rings. The molecular formula is C7H8F6N2O5. The molecule has 0 aliphatic heterocycles. The van der Waals surface area contributed by atoms with E-state index in [-0.39, 0.29) is 0 Å². The number of amides is 2. The molecule has 4 N–H and O–H groups in total. The Hall–Kier alpha value is -2.21. The third-order valence-electron chi connectivity index (χ3n) is 1.13. The zero-order valence-corrected chi connectivity index (χ0v) is 9.34. The van der Waals surface area contributed by atoms with E-state index in [1.807, 2.05) is 0 Å². The molecule has 118 valence electrons. The van der Waals surface area contributed by atoms with Crippen molar-refractivity contribution in [1.82, 2.24) is 5.32 Å². The predicted octanol–water partition coefficient (Wildman–Crippen LogP) is 0.393. The molecule has 0 bridgehead atoms. The summed E-state index contributed by atoms with van der Waals surface area (Å²) in [7, 11) is 0. The number of nitrogens with one attached hydrogen (secondary N) is 1. The highest BCUT2D eigenvalue weighted by atomic mass is 19.4. The van der Waals surface area contributed by atoms with Gasteiger partial charge in [-0.25, -0.2) is 9.59 Å². The summed E-state index contributed by atoms with van der Waals surface area (Å²) in [5.74, 6) is -4.84. The first-order valence-corrected chi connectivity index (χ1v) is 4.35. The number of nitrogens with two attached hydrogens (primary N) is 1. The Balaban J connectivity index is 0. The first-order valence-electron chi connectivity index (χ1n) is 4.35. The minimum absolute atomic E-state index is 0.392. The van der Waals surface area contributed by atoms with E-state index in [1.54, 1.807) is 0 Å². The van der Waals surface area contributed by atoms with Crippen molar-refractivity contribution >= 4 is 18.0 Å². The molecule has 0 fully saturated rings. The van der Waals surface area contributed by atoms with Gasteiger partial charge in [0.1, 0.15) is 6.61 Å². The van der Waals surface area contributed by atoms with E-state index < -0.39 is 43.5 Å². The van der Waals surface area contributed by atoms with E-state index in [1.165, 1.54) is 5.32 Å². The van der Waals surface area contributed by atoms with Gasteiger partial charge >= 0.3 is 30.3 Å². The van der Waals surface area contributed by atoms with Gasteiger partial charge in [0.25, 0.3) is 0 Å². The SMILES string of the molecule is NC(=O)OCCNC(=O)C(F)(F)F.O=C(O)C(F)(F)F. The van der Waals surface area contributed by atoms with Crippen molar-refractivity contribution in [1.29, 1.82) is 0 Å². The van der Waals surface area contributed by atoms with Gasteiger partial charge < -0.3 is 20.9 Å². The predicted molar refractivity (Wildman–Crippen MR) is 48.3 cm³/mol. The number of alkyl halides is 6. The van der Waals surface area contributed by atoms with Crippen molar-refractivity contribution in [3.63, 3.8) is 0 Å². The molecule has 0 unspecified atom stereocenters. The normalized spacial score (nSPS) is 10.9. The Morgan fingerprint density at radius 2 is 1.45 bits per heavy atom. The molecule has 0 saturated carbocycles. The van der Waals surface area contributed by atoms with Crippen LogP contribution in [0.1, 0.15) is 0 Å². The lowest BCUT2D eigenvalue weighted by Crippen LogP contribution is -2.38. The second-order valence-electron chi connectivity index (χ2n) is 2.72. The fourth-order valence-corrected chi connectivity index (χ4v) is 0.416. The number of rotatable bonds is 3. The number of aliphatic carboxylic acids is 1. The van der Waals surface area contributed by atoms with Crippen LogP contribution in [0.3, 0.4) is 0 Å². The summed E-state index contributed by atoms with van der Waals surface area (Å²) in [4.78, 5) is 28.9. The minimum atomic E-state index is -5.08. The van der Waals surface area contributed by atoms with Gasteiger partial charge in [0, 0.05) is 0 Å². The number of carboxylic acids is 1. The van der Waals surface area contributed by atoms with Crippen molar-refractivity contribution in [3.05, 3.63) is 0 Å². The number of halogens is 6. The number of hydrogen-bond acceptors (Lipinski definition) is 4. The quantitative estimate of drug-likeness (QED) is 0.514. The van der Waals surface area contributed by atoms with Gasteiger partial charge in [-0.1, -0.05) is 0 Å². The van der Waals surface area contributed by atoms with Gasteiger partial charge in [0.2, 0.25) is 0 Å². The molecule has 20 heavy (non-hydrogen) atoms. The second kappa shape index (κ2) is 8.06. The molecule has 0 aromatic heterocycles. The van der Waals surface area contributed by atoms with Crippen LogP contribution in [0.2, 0.25) is 0 Å². The largest absolute Gasteiger partial charge is 0.490 e. The van der Waals surface area contributed by atoms with Crippen LogP contribution in [-0.4, -0.2) is 48.6 Å². The summed E-state index contributed by atoms with van der Waals surface area (Å²) in [5.41, 5.74) is 4.50. The van der Waals surface area contributed by atoms with E-state index >= 15 is 0 Å². The minimum Gasteiger partial charge on any atom is -0.475 e. The van der Waals surface area contributed by atoms with Crippen LogP contribution in [0.15, 0.2) is 0 Å². The van der Waals surface area contributed by atoms with Crippen LogP contribution < -0.4 is 11.1 Å². The van der Waals surface area contributed by atoms with Crippen LogP contribution in [0.5, 0.6) is 0 Å². The Bertz CT molecular complexity index is 353. The highest BCUT2D eigenvalue weighted by Crippen LogP contribution is 2.13. The molecule has 0 aliphatic carbocycles. The van der Waals surface area contributed by atoms with Crippen molar-refractivity contribution in [2.75, 3.05) is 13.2 Å². The summed E-state index contributed by atoms with van der Waals surface area (Å²) < 4.78 is 70.3. The lowest BCUT2D eigenvalue weighted by Gasteiger charge is -2.06. The molecule has 0 aliphatic rings. The number of carbonyl (C=O) groups excluding carboxylic acids is 2. The van der Waals surface area contributed by atoms with Crippen molar-refractivity contribution < 1.29 is 50.6 Å². The number of ether oxygens (including phenoxy) is 1. The van der Waals surface area contributed by atoms with Crippen molar-refractivity contribution in [3.8, 4) is 0 Å². The van der Waals surface area contributed by atoms with Gasteiger partial charge in [-0.3, -0.25) is 4.79 Å². The third-order valence-corrected chi connectivity index (χ3v) is 1.13. The van der Waals surface area contributed by atoms with Crippen LogP contribution in [0.25, 0.3) is 0 Å². The van der Waals surface area contributed by atoms with E-state index in [0.717, 1.165) is 0 Å². The third kappa shape index (κ3) is 12.3. The number of hydrogen-bond donors (Lipinski definition) is 3. The van der Waals surface area contributed by atoms with E-state index in [0.29, 0.717) is 0 Å². The number of primary amides is 1. The van der Waals surface area contributed by atoms with Gasteiger partial charge in [-0.2, -0.15) is 26.3 Å². The molecule has 0 rings (SSSR count). The lowest BCUT2D eigenvalue weighted by molar-refractivity contribution is -0.192. The zero-order chi connectivity index (χ0) is 16.6. The average Bonchev–Trinajstić information content (AvgIpc) is 2.21. The van der Waals surface area contributed by atoms with Gasteiger partial charge in [0.05, 0.1) is 6.54 Å². The molecule has 7 nitrogen and oxygen atoms in total. The molecular weight excluding hydrogens is 306 g/mol. The first-order chi connectivity index (χ1) is 8.78. The van der Waals surface area contributed by atoms with Crippen LogP contribution in [0.4, 0.5) is 31.1 Å². The molecule has 0 saturated heterocycles. The summed E-state index contributed by atoms with van der Waals surface area (Å²) in [6, 6.07) is 0. The molecule has 0 heterocycles. The highest BCUT2D eigenvalue weighted by Gasteiger charge is 2.38. The Labute approximate surface area is 106 Å². The van der Waals surface area contributed by atoms with Crippen molar-refractivity contribution in [2.24, 2.45) is 5.73 Å². The summed E-state index contributed by atoms with van der Waals surface area (Å²) in [5, 5.41) is 8.61. The topological polar surface area (TPSA) is 119 Å².